The van der Waals surface area contributed by atoms with Gasteiger partial charge in [-0.1, -0.05) is 12.1 Å². The Hall–Kier alpha value is -3.09. The van der Waals surface area contributed by atoms with Crippen LogP contribution in [0.3, 0.4) is 0 Å². The van der Waals surface area contributed by atoms with E-state index in [0.29, 0.717) is 19.6 Å². The van der Waals surface area contributed by atoms with E-state index in [0.717, 1.165) is 41.6 Å². The van der Waals surface area contributed by atoms with Gasteiger partial charge in [0.25, 0.3) is 0 Å². The van der Waals surface area contributed by atoms with Gasteiger partial charge in [-0.2, -0.15) is 0 Å². The fourth-order valence-electron chi connectivity index (χ4n) is 3.32. The Kier molecular flexibility index (Phi) is 4.91. The Morgan fingerprint density at radius 3 is 2.70 bits per heavy atom. The first kappa shape index (κ1) is 17.3. The predicted octanol–water partition coefficient (Wildman–Crippen LogP) is 2.46. The number of nitrogens with one attached hydrogen (secondary N) is 1. The molecule has 2 aromatic rings. The summed E-state index contributed by atoms with van der Waals surface area (Å²) in [6.45, 7) is 3.68. The summed E-state index contributed by atoms with van der Waals surface area (Å²) in [5.74, 6) is 2.32. The van der Waals surface area contributed by atoms with Gasteiger partial charge in [0.2, 0.25) is 6.79 Å². The number of benzene rings is 2. The number of hydrogen-bond acceptors (Lipinski definition) is 5. The molecule has 0 spiro atoms. The molecule has 0 bridgehead atoms. The number of anilines is 1. The Labute approximate surface area is 158 Å². The van der Waals surface area contributed by atoms with E-state index in [1.54, 1.807) is 7.11 Å². The van der Waals surface area contributed by atoms with Gasteiger partial charge in [-0.25, -0.2) is 4.79 Å². The summed E-state index contributed by atoms with van der Waals surface area (Å²) in [5.41, 5.74) is 2.11. The van der Waals surface area contributed by atoms with Gasteiger partial charge >= 0.3 is 6.03 Å². The maximum Gasteiger partial charge on any atom is 0.317 e. The zero-order chi connectivity index (χ0) is 18.6. The van der Waals surface area contributed by atoms with Crippen molar-refractivity contribution in [2.45, 2.75) is 6.54 Å². The minimum absolute atomic E-state index is 0.0436. The van der Waals surface area contributed by atoms with E-state index in [-0.39, 0.29) is 12.8 Å². The summed E-state index contributed by atoms with van der Waals surface area (Å²) in [6.07, 6.45) is 0. The zero-order valence-corrected chi connectivity index (χ0v) is 15.3. The molecule has 0 aliphatic carbocycles. The van der Waals surface area contributed by atoms with Gasteiger partial charge in [-0.05, 0) is 29.8 Å². The lowest BCUT2D eigenvalue weighted by atomic mass is 10.2. The molecular weight excluding hydrogens is 346 g/mol. The highest BCUT2D eigenvalue weighted by molar-refractivity contribution is 5.74. The summed E-state index contributed by atoms with van der Waals surface area (Å²) >= 11 is 0. The second-order valence-corrected chi connectivity index (χ2v) is 6.52. The van der Waals surface area contributed by atoms with Crippen molar-refractivity contribution in [3.63, 3.8) is 0 Å². The first-order chi connectivity index (χ1) is 13.2. The number of urea groups is 1. The Morgan fingerprint density at radius 2 is 1.89 bits per heavy atom. The van der Waals surface area contributed by atoms with Gasteiger partial charge in [-0.15, -0.1) is 0 Å². The van der Waals surface area contributed by atoms with Crippen molar-refractivity contribution < 1.29 is 19.0 Å². The number of rotatable bonds is 4. The van der Waals surface area contributed by atoms with Gasteiger partial charge in [-0.3, -0.25) is 0 Å². The first-order valence-electron chi connectivity index (χ1n) is 9.03. The molecule has 2 aliphatic heterocycles. The van der Waals surface area contributed by atoms with E-state index < -0.39 is 0 Å². The molecule has 2 amide bonds. The number of methoxy groups -OCH3 is 1. The third-order valence-electron chi connectivity index (χ3n) is 4.87. The largest absolute Gasteiger partial charge is 0.497 e. The highest BCUT2D eigenvalue weighted by Crippen LogP contribution is 2.32. The SMILES string of the molecule is COc1cccc(N2CCN(C(=O)NCc3ccc4c(c3)OCO4)CC2)c1. The van der Waals surface area contributed by atoms with Crippen LogP contribution in [0.15, 0.2) is 42.5 Å². The topological polar surface area (TPSA) is 63.3 Å². The van der Waals surface area contributed by atoms with E-state index in [1.165, 1.54) is 0 Å². The maximum atomic E-state index is 12.5. The quantitative estimate of drug-likeness (QED) is 0.897. The Morgan fingerprint density at radius 1 is 1.07 bits per heavy atom. The van der Waals surface area contributed by atoms with Crippen molar-refractivity contribution in [2.75, 3.05) is 45.0 Å². The lowest BCUT2D eigenvalue weighted by molar-refractivity contribution is 0.174. The number of carbonyl (C=O) groups is 1. The standard InChI is InChI=1S/C20H23N3O4/c1-25-17-4-2-3-16(12-17)22-7-9-23(10-8-22)20(24)21-13-15-5-6-18-19(11-15)27-14-26-18/h2-6,11-12H,7-10,13-14H2,1H3,(H,21,24). The molecule has 0 radical (unpaired) electrons. The maximum absolute atomic E-state index is 12.5. The molecule has 7 heteroatoms. The van der Waals surface area contributed by atoms with Crippen LogP contribution in [0.4, 0.5) is 10.5 Å². The van der Waals surface area contributed by atoms with Crippen LogP contribution in [0.5, 0.6) is 17.2 Å². The normalized spacial score (nSPS) is 15.6. The first-order valence-corrected chi connectivity index (χ1v) is 9.03. The zero-order valence-electron chi connectivity index (χ0n) is 15.3. The Balaban J connectivity index is 1.28. The summed E-state index contributed by atoms with van der Waals surface area (Å²) in [7, 11) is 1.67. The second-order valence-electron chi connectivity index (χ2n) is 6.52. The van der Waals surface area contributed by atoms with Crippen molar-refractivity contribution in [1.82, 2.24) is 10.2 Å². The van der Waals surface area contributed by atoms with Crippen molar-refractivity contribution in [2.24, 2.45) is 0 Å². The van der Waals surface area contributed by atoms with Gasteiger partial charge < -0.3 is 29.3 Å². The number of piperazine rings is 1. The minimum Gasteiger partial charge on any atom is -0.497 e. The fourth-order valence-corrected chi connectivity index (χ4v) is 3.32. The molecule has 2 aromatic carbocycles. The summed E-state index contributed by atoms with van der Waals surface area (Å²) < 4.78 is 16.0. The van der Waals surface area contributed by atoms with Crippen molar-refractivity contribution in [3.8, 4) is 17.2 Å². The third kappa shape index (κ3) is 3.86. The van der Waals surface area contributed by atoms with E-state index in [9.17, 15) is 4.79 Å². The van der Waals surface area contributed by atoms with Crippen LogP contribution in [0.2, 0.25) is 0 Å². The van der Waals surface area contributed by atoms with Crippen LogP contribution in [0.1, 0.15) is 5.56 Å². The highest BCUT2D eigenvalue weighted by Gasteiger charge is 2.21. The van der Waals surface area contributed by atoms with Gasteiger partial charge in [0.15, 0.2) is 11.5 Å². The molecule has 27 heavy (non-hydrogen) atoms. The molecule has 7 nitrogen and oxygen atoms in total. The molecule has 4 rings (SSSR count). The molecular formula is C20H23N3O4. The third-order valence-corrected chi connectivity index (χ3v) is 4.87. The number of ether oxygens (including phenoxy) is 3. The van der Waals surface area contributed by atoms with Crippen LogP contribution in [0, 0.1) is 0 Å². The number of amides is 2. The highest BCUT2D eigenvalue weighted by atomic mass is 16.7. The molecule has 2 heterocycles. The number of carbonyl (C=O) groups excluding carboxylic acids is 1. The molecule has 1 N–H and O–H groups in total. The van der Waals surface area contributed by atoms with E-state index in [2.05, 4.69) is 16.3 Å². The summed E-state index contributed by atoms with van der Waals surface area (Å²) in [5, 5.41) is 2.98. The number of fused-ring (bicyclic) bond motifs is 1. The average molecular weight is 369 g/mol. The van der Waals surface area contributed by atoms with Crippen LogP contribution >= 0.6 is 0 Å². The van der Waals surface area contributed by atoms with Gasteiger partial charge in [0.05, 0.1) is 7.11 Å². The second kappa shape index (κ2) is 7.65. The molecule has 142 valence electrons. The minimum atomic E-state index is -0.0436. The predicted molar refractivity (Wildman–Crippen MR) is 102 cm³/mol. The monoisotopic (exact) mass is 369 g/mol. The lowest BCUT2D eigenvalue weighted by Gasteiger charge is -2.36. The summed E-state index contributed by atoms with van der Waals surface area (Å²) in [4.78, 5) is 16.6. The van der Waals surface area contributed by atoms with Crippen molar-refractivity contribution in [3.05, 3.63) is 48.0 Å². The smallest absolute Gasteiger partial charge is 0.317 e. The van der Waals surface area contributed by atoms with Crippen LogP contribution < -0.4 is 24.4 Å². The molecule has 0 saturated carbocycles. The van der Waals surface area contributed by atoms with Crippen molar-refractivity contribution >= 4 is 11.7 Å². The lowest BCUT2D eigenvalue weighted by Crippen LogP contribution is -2.51. The van der Waals surface area contributed by atoms with E-state index in [4.69, 9.17) is 14.2 Å². The van der Waals surface area contributed by atoms with Gasteiger partial charge in [0.1, 0.15) is 5.75 Å². The molecule has 1 fully saturated rings. The van der Waals surface area contributed by atoms with E-state index >= 15 is 0 Å². The van der Waals surface area contributed by atoms with Crippen LogP contribution in [0.25, 0.3) is 0 Å². The Bertz CT molecular complexity index is 819. The van der Waals surface area contributed by atoms with Crippen LogP contribution in [-0.2, 0) is 6.54 Å². The molecule has 1 saturated heterocycles. The van der Waals surface area contributed by atoms with Crippen molar-refractivity contribution in [1.29, 1.82) is 0 Å². The molecule has 0 aromatic heterocycles. The average Bonchev–Trinajstić information content (AvgIpc) is 3.20. The van der Waals surface area contributed by atoms with Crippen LogP contribution in [-0.4, -0.2) is 51.0 Å². The summed E-state index contributed by atoms with van der Waals surface area (Å²) in [6, 6.07) is 13.7. The van der Waals surface area contributed by atoms with Gasteiger partial charge in [0, 0.05) is 44.5 Å². The van der Waals surface area contributed by atoms with E-state index in [1.807, 2.05) is 41.3 Å². The molecule has 0 unspecified atom stereocenters. The molecule has 2 aliphatic rings. The number of nitrogens with zero attached hydrogens (tertiary/aromatic N) is 2. The number of hydrogen-bond donors (Lipinski definition) is 1. The fraction of sp³-hybridized carbons (Fsp3) is 0.350. The molecule has 0 atom stereocenters.